The van der Waals surface area contributed by atoms with Gasteiger partial charge in [-0.3, -0.25) is 67.1 Å². The molecule has 0 saturated carbocycles. The van der Waals surface area contributed by atoms with Gasteiger partial charge in [-0.15, -0.1) is 0 Å². The van der Waals surface area contributed by atoms with Gasteiger partial charge in [0.1, 0.15) is 72.2 Å². The number of nitrogens with zero attached hydrogens (tertiary/aromatic N) is 10. The highest BCUT2D eigenvalue weighted by Gasteiger charge is 2.61. The summed E-state index contributed by atoms with van der Waals surface area (Å²) in [4.78, 5) is 218. The number of carbonyl (C=O) groups excluding carboxylic acids is 14. The van der Waals surface area contributed by atoms with Crippen LogP contribution in [0.2, 0.25) is 0 Å². The molecule has 0 bridgehead atoms. The first-order chi connectivity index (χ1) is 47.9. The molecule has 104 heavy (non-hydrogen) atoms. The summed E-state index contributed by atoms with van der Waals surface area (Å²) in [6.07, 6.45) is -4.41. The molecule has 2 saturated heterocycles. The van der Waals surface area contributed by atoms with Crippen LogP contribution in [0.15, 0.2) is 24.3 Å². The van der Waals surface area contributed by atoms with E-state index in [0.29, 0.717) is 29.0 Å². The topological polar surface area (TPSA) is 366 Å². The molecule has 0 radical (unpaired) electrons. The molecule has 2 fully saturated rings. The molecule has 0 unspecified atom stereocenters. The Morgan fingerprint density at radius 1 is 0.510 bits per heavy atom. The number of ether oxygens (including phenoxy) is 2. The molecule has 1 aromatic carbocycles. The maximum absolute atomic E-state index is 15.5. The van der Waals surface area contributed by atoms with E-state index in [0.717, 1.165) is 55.2 Å². The summed E-state index contributed by atoms with van der Waals surface area (Å²) in [5, 5.41) is 33.4. The van der Waals surface area contributed by atoms with Crippen LogP contribution in [0, 0.1) is 41.4 Å². The van der Waals surface area contributed by atoms with Gasteiger partial charge in [-0.25, -0.2) is 0 Å². The second-order valence-corrected chi connectivity index (χ2v) is 30.8. The largest absolute Gasteiger partial charge is 0.462 e. The van der Waals surface area contributed by atoms with Gasteiger partial charge in [-0.2, -0.15) is 0 Å². The molecular formula is C73H119N13O18. The van der Waals surface area contributed by atoms with Gasteiger partial charge in [0.15, 0.2) is 0 Å². The SMILES string of the molecule is CC[C@H](C)[C@@H]1NC(=O)[C@H](C(C)C)N(C)C(=O)[C@@H]2C[C@@]3(O)c4ccccc4N[C@H]3N2C(=O)CN(C)C(=O)[C@H]([C@@H](C)CC)N(C)C(=O)[C@H](C(C)C)NC(=O)[C@H](OC(C)=O)N(C)C(=O)[C@H]([C@@H](C)[C@H](C)OC(C)=O)N(C)C(=O)[C@H](C(C)(C)O)N(C)C(=O)CN(C)C(=O)[C@H](C(C)C)N(C)C(=O)[C@H](C(C)C)N(C)C1=O. The molecule has 31 heteroatoms. The Bertz CT molecular complexity index is 3360. The van der Waals surface area contributed by atoms with Gasteiger partial charge in [-0.05, 0) is 62.3 Å². The second kappa shape index (κ2) is 35.5. The van der Waals surface area contributed by atoms with Crippen molar-refractivity contribution in [2.75, 3.05) is 81.8 Å². The standard InChI is InChI=1S/C73H119N13O18/c1-28-41(11)53-64(95)81(23)56(40(9)10)67(98)82(24)55(39(7)8)65(96)77(19)35-50(89)79(21)59(72(17,18)101)69(100)84(26)58(43(13)44(14)103-45(15)87)68(99)85(27)70(104-46(16)88)61(92)75-52(37(3)4)63(94)83(25)57(42(12)29-2)66(97)78(20)36-51(90)86-49(62(93)80(22)54(38(5)6)60(91)76-53)34-73(102)47-32-30-31-33-48(47)74-71(73)86/h30-33,37-44,49,52-59,70-71,74,101-102H,28-29,34-36H2,1-27H3,(H,75,92)(H,76,91)/t41-,42-,43-,44-,49-,52-,53-,54-,55-,56-,57-,58-,59+,70-,71-,73+/m0/s1. The lowest BCUT2D eigenvalue weighted by atomic mass is 9.90. The molecule has 3 aliphatic rings. The monoisotopic (exact) mass is 1470 g/mol. The highest BCUT2D eigenvalue weighted by molar-refractivity contribution is 6.00. The minimum atomic E-state index is -2.20. The minimum absolute atomic E-state index is 0.290. The number of rotatable bonds is 13. The van der Waals surface area contributed by atoms with E-state index < -0.39 is 221 Å². The van der Waals surface area contributed by atoms with Gasteiger partial charge < -0.3 is 84.6 Å². The second-order valence-electron chi connectivity index (χ2n) is 30.8. The van der Waals surface area contributed by atoms with Crippen molar-refractivity contribution in [3.8, 4) is 0 Å². The van der Waals surface area contributed by atoms with Gasteiger partial charge in [-0.1, -0.05) is 121 Å². The smallest absolute Gasteiger partial charge is 0.304 e. The van der Waals surface area contributed by atoms with E-state index in [9.17, 15) is 34.2 Å². The summed E-state index contributed by atoms with van der Waals surface area (Å²) in [5.74, 6) is -17.4. The van der Waals surface area contributed by atoms with Crippen LogP contribution in [0.1, 0.15) is 149 Å². The summed E-state index contributed by atoms with van der Waals surface area (Å²) in [5.41, 5.74) is -3.19. The summed E-state index contributed by atoms with van der Waals surface area (Å²) in [6.45, 7) is 26.2. The molecule has 16 atom stereocenters. The van der Waals surface area contributed by atoms with Crippen molar-refractivity contribution in [2.24, 2.45) is 41.4 Å². The number of hydrogen-bond acceptors (Lipinski definition) is 19. The van der Waals surface area contributed by atoms with Gasteiger partial charge in [0, 0.05) is 101 Å². The number of hydrogen-bond donors (Lipinski definition) is 5. The van der Waals surface area contributed by atoms with Gasteiger partial charge in [0.2, 0.25) is 65.0 Å². The average molecular weight is 1470 g/mol. The number of carbonyl (C=O) groups is 14. The maximum Gasteiger partial charge on any atom is 0.304 e. The summed E-state index contributed by atoms with van der Waals surface area (Å²) in [6, 6.07) is -6.47. The highest BCUT2D eigenvalue weighted by atomic mass is 16.6. The molecule has 3 aliphatic heterocycles. The van der Waals surface area contributed by atoms with Crippen LogP contribution in [0.25, 0.3) is 0 Å². The zero-order chi connectivity index (χ0) is 79.9. The van der Waals surface area contributed by atoms with Crippen molar-refractivity contribution < 1.29 is 86.8 Å². The first kappa shape index (κ1) is 87.9. The van der Waals surface area contributed by atoms with Gasteiger partial charge >= 0.3 is 11.9 Å². The van der Waals surface area contributed by atoms with Crippen LogP contribution in [-0.2, 0) is 82.2 Å². The summed E-state index contributed by atoms with van der Waals surface area (Å²) >= 11 is 0. The minimum Gasteiger partial charge on any atom is -0.462 e. The van der Waals surface area contributed by atoms with Crippen LogP contribution in [-0.4, -0.2) is 297 Å². The van der Waals surface area contributed by atoms with Crippen LogP contribution in [0.4, 0.5) is 5.69 Å². The number of amides is 12. The molecule has 31 nitrogen and oxygen atoms in total. The lowest BCUT2D eigenvalue weighted by Gasteiger charge is -2.43. The fraction of sp³-hybridized carbons (Fsp3) is 0.726. The zero-order valence-corrected chi connectivity index (χ0v) is 66.2. The Kier molecular flexibility index (Phi) is 30.0. The molecule has 0 aliphatic carbocycles. The number of likely N-dealkylation sites (N-methyl/N-ethyl adjacent to an activating group) is 9. The lowest BCUT2D eigenvalue weighted by Crippen LogP contribution is -2.65. The number of nitrogens with one attached hydrogen (secondary N) is 3. The fourth-order valence-electron chi connectivity index (χ4n) is 14.6. The molecule has 1 aromatic rings. The Hall–Kier alpha value is -8.48. The quantitative estimate of drug-likeness (QED) is 0.175. The van der Waals surface area contributed by atoms with E-state index in [1.165, 1.54) is 93.9 Å². The van der Waals surface area contributed by atoms with Crippen molar-refractivity contribution in [3.63, 3.8) is 0 Å². The normalized spacial score (nSPS) is 28.1. The lowest BCUT2D eigenvalue weighted by molar-refractivity contribution is -0.175. The predicted molar refractivity (Wildman–Crippen MR) is 385 cm³/mol. The molecule has 3 heterocycles. The maximum atomic E-state index is 15.5. The van der Waals surface area contributed by atoms with Crippen LogP contribution in [0.5, 0.6) is 0 Å². The molecular weight excluding hydrogens is 1350 g/mol. The number of benzene rings is 1. The van der Waals surface area contributed by atoms with Crippen LogP contribution in [0.3, 0.4) is 0 Å². The van der Waals surface area contributed by atoms with Crippen molar-refractivity contribution in [3.05, 3.63) is 29.8 Å². The van der Waals surface area contributed by atoms with E-state index in [1.54, 1.807) is 107 Å². The predicted octanol–water partition coefficient (Wildman–Crippen LogP) is 1.51. The fourth-order valence-corrected chi connectivity index (χ4v) is 14.6. The number of anilines is 1. The third kappa shape index (κ3) is 19.0. The van der Waals surface area contributed by atoms with Gasteiger partial charge in [0.25, 0.3) is 12.1 Å². The molecule has 0 spiro atoms. The number of para-hydroxylation sites is 1. The molecule has 584 valence electrons. The van der Waals surface area contributed by atoms with E-state index in [1.807, 2.05) is 0 Å². The Morgan fingerprint density at radius 2 is 0.952 bits per heavy atom. The molecule has 4 rings (SSSR count). The van der Waals surface area contributed by atoms with E-state index >= 15 is 43.2 Å². The van der Waals surface area contributed by atoms with Crippen molar-refractivity contribution in [1.82, 2.24) is 59.6 Å². The first-order valence-corrected chi connectivity index (χ1v) is 35.9. The number of fused-ring (bicyclic) bond motifs is 5. The first-order valence-electron chi connectivity index (χ1n) is 35.9. The van der Waals surface area contributed by atoms with Gasteiger partial charge in [0.05, 0.1) is 18.7 Å². The van der Waals surface area contributed by atoms with Crippen LogP contribution >= 0.6 is 0 Å². The Balaban J connectivity index is 2.03. The molecule has 12 amide bonds. The Morgan fingerprint density at radius 3 is 1.44 bits per heavy atom. The third-order valence-electron chi connectivity index (χ3n) is 21.0. The van der Waals surface area contributed by atoms with E-state index in [-0.39, 0.29) is 6.42 Å². The molecule has 5 N–H and O–H groups in total. The zero-order valence-electron chi connectivity index (χ0n) is 66.2. The number of esters is 2. The summed E-state index contributed by atoms with van der Waals surface area (Å²) in [7, 11) is 11.5. The van der Waals surface area contributed by atoms with Crippen molar-refractivity contribution in [1.29, 1.82) is 0 Å². The molecule has 0 aromatic heterocycles. The third-order valence-corrected chi connectivity index (χ3v) is 21.0. The van der Waals surface area contributed by atoms with E-state index in [4.69, 9.17) is 9.47 Å². The Labute approximate surface area is 613 Å². The highest BCUT2D eigenvalue weighted by Crippen LogP contribution is 2.50. The number of aliphatic hydroxyl groups is 2. The summed E-state index contributed by atoms with van der Waals surface area (Å²) < 4.78 is 11.1. The average Bonchev–Trinajstić information content (AvgIpc) is 1.55. The van der Waals surface area contributed by atoms with E-state index in [2.05, 4.69) is 16.0 Å². The van der Waals surface area contributed by atoms with Crippen molar-refractivity contribution >= 4 is 88.5 Å². The van der Waals surface area contributed by atoms with Crippen LogP contribution < -0.4 is 16.0 Å². The van der Waals surface area contributed by atoms with Crippen molar-refractivity contribution in [2.45, 2.75) is 228 Å².